The molecule has 86 valence electrons. The number of H-pyrrole nitrogens is 1. The van der Waals surface area contributed by atoms with E-state index in [0.717, 1.165) is 11.5 Å². The zero-order valence-electron chi connectivity index (χ0n) is 8.12. The predicted molar refractivity (Wildman–Crippen MR) is 67.2 cm³/mol. The van der Waals surface area contributed by atoms with Crippen molar-refractivity contribution in [2.45, 2.75) is 0 Å². The minimum absolute atomic E-state index is 0.00731. The van der Waals surface area contributed by atoms with Crippen LogP contribution in [0.2, 0.25) is 10.2 Å². The number of rotatable bonds is 2. The van der Waals surface area contributed by atoms with Gasteiger partial charge in [0.25, 0.3) is 5.56 Å². The largest absolute Gasteiger partial charge is 0.329 e. The summed E-state index contributed by atoms with van der Waals surface area (Å²) in [6.07, 6.45) is 0. The molecular formula is C9H4Cl2N4OS. The summed E-state index contributed by atoms with van der Waals surface area (Å²) in [6, 6.07) is 4.83. The maximum atomic E-state index is 11.2. The first-order valence-corrected chi connectivity index (χ1v) is 5.89. The molecule has 2 N–H and O–H groups in total. The molecule has 0 saturated heterocycles. The van der Waals surface area contributed by atoms with Crippen LogP contribution in [0.25, 0.3) is 0 Å². The summed E-state index contributed by atoms with van der Waals surface area (Å²) in [5.74, 6) is 0.370. The highest BCUT2D eigenvalue weighted by atomic mass is 35.5. The number of nitrogens with one attached hydrogen (secondary N) is 2. The molecule has 0 aliphatic heterocycles. The van der Waals surface area contributed by atoms with Crippen LogP contribution in [0.3, 0.4) is 0 Å². The third-order valence-electron chi connectivity index (χ3n) is 1.81. The number of halogens is 2. The van der Waals surface area contributed by atoms with E-state index >= 15 is 0 Å². The molecule has 0 aromatic carbocycles. The Labute approximate surface area is 110 Å². The van der Waals surface area contributed by atoms with Crippen LogP contribution in [-0.4, -0.2) is 9.36 Å². The van der Waals surface area contributed by atoms with Crippen molar-refractivity contribution in [2.24, 2.45) is 0 Å². The fraction of sp³-hybridized carbons (Fsp3) is 0. The number of nitriles is 1. The van der Waals surface area contributed by atoms with E-state index in [0.29, 0.717) is 15.8 Å². The maximum Gasteiger partial charge on any atom is 0.278 e. The zero-order valence-corrected chi connectivity index (χ0v) is 10.4. The molecule has 0 spiro atoms. The number of anilines is 2. The van der Waals surface area contributed by atoms with Crippen LogP contribution in [0, 0.1) is 11.3 Å². The number of aromatic nitrogens is 2. The van der Waals surface area contributed by atoms with Gasteiger partial charge in [0, 0.05) is 5.02 Å². The van der Waals surface area contributed by atoms with Gasteiger partial charge < -0.3 is 5.32 Å². The minimum Gasteiger partial charge on any atom is -0.329 e. The summed E-state index contributed by atoms with van der Waals surface area (Å²) in [5, 5.41) is 12.6. The predicted octanol–water partition coefficient (Wildman–Crippen LogP) is 2.75. The average molecular weight is 287 g/mol. The van der Waals surface area contributed by atoms with Crippen LogP contribution in [0.4, 0.5) is 10.8 Å². The summed E-state index contributed by atoms with van der Waals surface area (Å²) in [5.41, 5.74) is -0.430. The van der Waals surface area contributed by atoms with Gasteiger partial charge in [0.05, 0.1) is 0 Å². The summed E-state index contributed by atoms with van der Waals surface area (Å²) in [7, 11) is 0. The zero-order chi connectivity index (χ0) is 12.4. The van der Waals surface area contributed by atoms with Crippen molar-refractivity contribution in [1.82, 2.24) is 9.36 Å². The molecule has 2 aromatic rings. The standard InChI is InChI=1S/C9H4Cl2N4OS/c10-4-1-6(11)13-7(2-4)14-9-5(3-12)8(16)15-17-9/h1-2H,(H,13,14)(H,15,16). The molecule has 5 nitrogen and oxygen atoms in total. The fourth-order valence-electron chi connectivity index (χ4n) is 1.14. The molecule has 0 amide bonds. The first-order valence-electron chi connectivity index (χ1n) is 4.32. The molecule has 2 rings (SSSR count). The number of hydrogen-bond acceptors (Lipinski definition) is 5. The molecule has 0 unspecified atom stereocenters. The van der Waals surface area contributed by atoms with Gasteiger partial charge in [-0.1, -0.05) is 23.2 Å². The van der Waals surface area contributed by atoms with Crippen molar-refractivity contribution in [1.29, 1.82) is 5.26 Å². The van der Waals surface area contributed by atoms with E-state index in [1.165, 1.54) is 6.07 Å². The Kier molecular flexibility index (Phi) is 3.33. The van der Waals surface area contributed by atoms with E-state index in [2.05, 4.69) is 14.7 Å². The van der Waals surface area contributed by atoms with E-state index in [4.69, 9.17) is 28.5 Å². The lowest BCUT2D eigenvalue weighted by molar-refractivity contribution is 1.31. The lowest BCUT2D eigenvalue weighted by atomic mass is 10.3. The number of nitrogens with zero attached hydrogens (tertiary/aromatic N) is 2. The van der Waals surface area contributed by atoms with Crippen molar-refractivity contribution in [3.05, 3.63) is 38.2 Å². The SMILES string of the molecule is N#Cc1c(Nc2cc(Cl)cc(Cl)n2)s[nH]c1=O. The highest BCUT2D eigenvalue weighted by Crippen LogP contribution is 2.24. The molecule has 2 heterocycles. The van der Waals surface area contributed by atoms with Gasteiger partial charge in [-0.2, -0.15) is 5.26 Å². The van der Waals surface area contributed by atoms with Crippen LogP contribution in [0.5, 0.6) is 0 Å². The lowest BCUT2D eigenvalue weighted by Crippen LogP contribution is -2.03. The third kappa shape index (κ3) is 2.58. The average Bonchev–Trinajstić information content (AvgIpc) is 2.57. The second-order valence-electron chi connectivity index (χ2n) is 2.97. The molecule has 17 heavy (non-hydrogen) atoms. The monoisotopic (exact) mass is 286 g/mol. The van der Waals surface area contributed by atoms with Crippen LogP contribution < -0.4 is 10.9 Å². The number of hydrogen-bond donors (Lipinski definition) is 2. The van der Waals surface area contributed by atoms with E-state index in [1.54, 1.807) is 12.1 Å². The van der Waals surface area contributed by atoms with E-state index in [-0.39, 0.29) is 10.7 Å². The first-order chi connectivity index (χ1) is 8.10. The van der Waals surface area contributed by atoms with Crippen LogP contribution in [0.1, 0.15) is 5.56 Å². The molecule has 0 radical (unpaired) electrons. The Balaban J connectivity index is 2.38. The Bertz CT molecular complexity index is 637. The highest BCUT2D eigenvalue weighted by molar-refractivity contribution is 7.10. The fourth-order valence-corrected chi connectivity index (χ4v) is 2.30. The van der Waals surface area contributed by atoms with Crippen molar-refractivity contribution in [2.75, 3.05) is 5.32 Å². The quantitative estimate of drug-likeness (QED) is 0.832. The number of pyridine rings is 1. The van der Waals surface area contributed by atoms with Gasteiger partial charge in [-0.3, -0.25) is 9.17 Å². The molecule has 0 bridgehead atoms. The Morgan fingerprint density at radius 3 is 2.88 bits per heavy atom. The third-order valence-corrected chi connectivity index (χ3v) is 3.02. The van der Waals surface area contributed by atoms with Gasteiger partial charge in [0.1, 0.15) is 22.0 Å². The van der Waals surface area contributed by atoms with Crippen LogP contribution in [-0.2, 0) is 0 Å². The van der Waals surface area contributed by atoms with Crippen molar-refractivity contribution in [3.63, 3.8) is 0 Å². The van der Waals surface area contributed by atoms with E-state index < -0.39 is 5.56 Å². The summed E-state index contributed by atoms with van der Waals surface area (Å²) in [6.45, 7) is 0. The van der Waals surface area contributed by atoms with Gasteiger partial charge in [-0.15, -0.1) is 0 Å². The van der Waals surface area contributed by atoms with Crippen molar-refractivity contribution >= 4 is 45.6 Å². The minimum atomic E-state index is -0.437. The molecule has 0 aliphatic carbocycles. The topological polar surface area (TPSA) is 81.6 Å². The smallest absolute Gasteiger partial charge is 0.278 e. The Hall–Kier alpha value is -1.55. The van der Waals surface area contributed by atoms with E-state index in [9.17, 15) is 4.79 Å². The molecule has 0 aliphatic rings. The summed E-state index contributed by atoms with van der Waals surface area (Å²) in [4.78, 5) is 15.2. The lowest BCUT2D eigenvalue weighted by Gasteiger charge is -2.03. The first kappa shape index (κ1) is 11.9. The normalized spacial score (nSPS) is 9.94. The van der Waals surface area contributed by atoms with Gasteiger partial charge in [-0.05, 0) is 23.7 Å². The maximum absolute atomic E-state index is 11.2. The second kappa shape index (κ2) is 4.75. The summed E-state index contributed by atoms with van der Waals surface area (Å²) < 4.78 is 2.44. The van der Waals surface area contributed by atoms with Gasteiger partial charge in [-0.25, -0.2) is 4.98 Å². The number of aromatic amines is 1. The Morgan fingerprint density at radius 2 is 2.24 bits per heavy atom. The van der Waals surface area contributed by atoms with E-state index in [1.807, 2.05) is 0 Å². The highest BCUT2D eigenvalue weighted by Gasteiger charge is 2.11. The van der Waals surface area contributed by atoms with Gasteiger partial charge >= 0.3 is 0 Å². The molecule has 8 heteroatoms. The summed E-state index contributed by atoms with van der Waals surface area (Å²) >= 11 is 12.5. The van der Waals surface area contributed by atoms with Gasteiger partial charge in [0.15, 0.2) is 5.56 Å². The molecule has 2 aromatic heterocycles. The molecular weight excluding hydrogens is 283 g/mol. The van der Waals surface area contributed by atoms with Gasteiger partial charge in [0.2, 0.25) is 0 Å². The Morgan fingerprint density at radius 1 is 1.47 bits per heavy atom. The van der Waals surface area contributed by atoms with Crippen LogP contribution >= 0.6 is 34.7 Å². The molecule has 0 fully saturated rings. The van der Waals surface area contributed by atoms with Crippen molar-refractivity contribution in [3.8, 4) is 6.07 Å². The molecule has 0 saturated carbocycles. The van der Waals surface area contributed by atoms with Crippen LogP contribution in [0.15, 0.2) is 16.9 Å². The second-order valence-corrected chi connectivity index (χ2v) is 4.61. The molecule has 0 atom stereocenters. The van der Waals surface area contributed by atoms with Crippen molar-refractivity contribution < 1.29 is 0 Å².